The fourth-order valence-electron chi connectivity index (χ4n) is 1.69. The molecule has 2 N–H and O–H groups in total. The molecule has 1 aliphatic heterocycles. The summed E-state index contributed by atoms with van der Waals surface area (Å²) in [5.41, 5.74) is 0.726. The van der Waals surface area contributed by atoms with Gasteiger partial charge >= 0.3 is 0 Å². The zero-order valence-electron chi connectivity index (χ0n) is 7.63. The van der Waals surface area contributed by atoms with E-state index in [2.05, 4.69) is 15.3 Å². The molecule has 1 unspecified atom stereocenters. The van der Waals surface area contributed by atoms with Crippen LogP contribution in [0.5, 0.6) is 0 Å². The lowest BCUT2D eigenvalue weighted by atomic mass is 10.2. The van der Waals surface area contributed by atoms with Gasteiger partial charge in [-0.25, -0.2) is 4.98 Å². The molecule has 2 heterocycles. The molecule has 13 heavy (non-hydrogen) atoms. The highest BCUT2D eigenvalue weighted by Crippen LogP contribution is 2.18. The molecule has 1 fully saturated rings. The second-order valence-corrected chi connectivity index (χ2v) is 3.42. The van der Waals surface area contributed by atoms with Crippen LogP contribution in [0.2, 0.25) is 0 Å². The zero-order chi connectivity index (χ0) is 9.26. The van der Waals surface area contributed by atoms with E-state index in [-0.39, 0.29) is 11.6 Å². The van der Waals surface area contributed by atoms with Crippen molar-refractivity contribution in [1.82, 2.24) is 15.3 Å². The van der Waals surface area contributed by atoms with Crippen LogP contribution in [0.4, 0.5) is 0 Å². The van der Waals surface area contributed by atoms with Gasteiger partial charge < -0.3 is 10.3 Å². The third-order valence-corrected chi connectivity index (χ3v) is 2.28. The number of H-pyrrole nitrogens is 1. The van der Waals surface area contributed by atoms with E-state index < -0.39 is 0 Å². The first kappa shape index (κ1) is 8.44. The van der Waals surface area contributed by atoms with Gasteiger partial charge in [0.1, 0.15) is 5.82 Å². The molecule has 1 saturated heterocycles. The Morgan fingerprint density at radius 3 is 3.08 bits per heavy atom. The molecule has 0 amide bonds. The predicted octanol–water partition coefficient (Wildman–Crippen LogP) is 0.503. The lowest BCUT2D eigenvalue weighted by Crippen LogP contribution is -2.20. The highest BCUT2D eigenvalue weighted by Gasteiger charge is 2.18. The van der Waals surface area contributed by atoms with Crippen molar-refractivity contribution in [3.63, 3.8) is 0 Å². The third kappa shape index (κ3) is 1.78. The SMILES string of the molecule is Cc1cc(=O)[nH]c(C2CCCN2)n1. The predicted molar refractivity (Wildman–Crippen MR) is 49.6 cm³/mol. The van der Waals surface area contributed by atoms with Crippen LogP contribution in [-0.2, 0) is 0 Å². The van der Waals surface area contributed by atoms with Crippen LogP contribution in [0, 0.1) is 6.92 Å². The highest BCUT2D eigenvalue weighted by atomic mass is 16.1. The van der Waals surface area contributed by atoms with Gasteiger partial charge in [-0.1, -0.05) is 0 Å². The Hall–Kier alpha value is -1.16. The van der Waals surface area contributed by atoms with Gasteiger partial charge in [0, 0.05) is 11.8 Å². The van der Waals surface area contributed by atoms with Crippen LogP contribution in [0.25, 0.3) is 0 Å². The van der Waals surface area contributed by atoms with Gasteiger partial charge in [-0.3, -0.25) is 4.79 Å². The Morgan fingerprint density at radius 1 is 1.62 bits per heavy atom. The lowest BCUT2D eigenvalue weighted by molar-refractivity contribution is 0.599. The first-order valence-electron chi connectivity index (χ1n) is 4.57. The van der Waals surface area contributed by atoms with E-state index in [0.717, 1.165) is 30.9 Å². The van der Waals surface area contributed by atoms with Gasteiger partial charge in [0.15, 0.2) is 0 Å². The van der Waals surface area contributed by atoms with Crippen LogP contribution in [0.15, 0.2) is 10.9 Å². The largest absolute Gasteiger partial charge is 0.309 e. The fourth-order valence-corrected chi connectivity index (χ4v) is 1.69. The van der Waals surface area contributed by atoms with Crippen LogP contribution < -0.4 is 10.9 Å². The molecule has 1 aromatic heterocycles. The summed E-state index contributed by atoms with van der Waals surface area (Å²) in [6.07, 6.45) is 2.22. The maximum absolute atomic E-state index is 11.1. The van der Waals surface area contributed by atoms with Crippen molar-refractivity contribution in [2.24, 2.45) is 0 Å². The molecule has 1 aliphatic rings. The van der Waals surface area contributed by atoms with Crippen molar-refractivity contribution in [2.45, 2.75) is 25.8 Å². The molecule has 0 radical (unpaired) electrons. The monoisotopic (exact) mass is 179 g/mol. The van der Waals surface area contributed by atoms with Crippen molar-refractivity contribution >= 4 is 0 Å². The van der Waals surface area contributed by atoms with Crippen LogP contribution in [0.3, 0.4) is 0 Å². The van der Waals surface area contributed by atoms with E-state index >= 15 is 0 Å². The van der Waals surface area contributed by atoms with Gasteiger partial charge in [0.25, 0.3) is 5.56 Å². The number of rotatable bonds is 1. The average molecular weight is 179 g/mol. The molecule has 4 heteroatoms. The van der Waals surface area contributed by atoms with Crippen LogP contribution in [0.1, 0.15) is 30.4 Å². The van der Waals surface area contributed by atoms with Crippen LogP contribution >= 0.6 is 0 Å². The standard InChI is InChI=1S/C9H13N3O/c1-6-5-8(13)12-9(11-6)7-3-2-4-10-7/h5,7,10H,2-4H2,1H3,(H,11,12,13). The molecular formula is C9H13N3O. The molecule has 70 valence electrons. The minimum absolute atomic E-state index is 0.0591. The molecule has 4 nitrogen and oxygen atoms in total. The normalized spacial score (nSPS) is 22.1. The number of aryl methyl sites for hydroxylation is 1. The van der Waals surface area contributed by atoms with Crippen molar-refractivity contribution in [1.29, 1.82) is 0 Å². The van der Waals surface area contributed by atoms with E-state index in [1.807, 2.05) is 6.92 Å². The first-order valence-corrected chi connectivity index (χ1v) is 4.57. The summed E-state index contributed by atoms with van der Waals surface area (Å²) in [6, 6.07) is 1.76. The van der Waals surface area contributed by atoms with Gasteiger partial charge in [-0.2, -0.15) is 0 Å². The molecular weight excluding hydrogens is 166 g/mol. The van der Waals surface area contributed by atoms with Gasteiger partial charge in [-0.05, 0) is 26.3 Å². The summed E-state index contributed by atoms with van der Waals surface area (Å²) in [4.78, 5) is 18.2. The summed E-state index contributed by atoms with van der Waals surface area (Å²) < 4.78 is 0. The molecule has 0 saturated carbocycles. The van der Waals surface area contributed by atoms with E-state index in [1.165, 1.54) is 6.07 Å². The Labute approximate surface area is 76.4 Å². The van der Waals surface area contributed by atoms with Crippen LogP contribution in [-0.4, -0.2) is 16.5 Å². The molecule has 1 atom stereocenters. The number of aromatic nitrogens is 2. The smallest absolute Gasteiger partial charge is 0.251 e. The zero-order valence-corrected chi connectivity index (χ0v) is 7.63. The van der Waals surface area contributed by atoms with Crippen molar-refractivity contribution in [2.75, 3.05) is 6.54 Å². The molecule has 0 aliphatic carbocycles. The summed E-state index contributed by atoms with van der Waals surface area (Å²) in [7, 11) is 0. The van der Waals surface area contributed by atoms with E-state index in [0.29, 0.717) is 0 Å². The molecule has 0 spiro atoms. The van der Waals surface area contributed by atoms with E-state index in [4.69, 9.17) is 0 Å². The highest BCUT2D eigenvalue weighted by molar-refractivity contribution is 5.04. The summed E-state index contributed by atoms with van der Waals surface area (Å²) in [5.74, 6) is 0.780. The minimum Gasteiger partial charge on any atom is -0.309 e. The Balaban J connectivity index is 2.33. The van der Waals surface area contributed by atoms with Gasteiger partial charge in [-0.15, -0.1) is 0 Å². The molecule has 0 bridgehead atoms. The number of hydrogen-bond acceptors (Lipinski definition) is 3. The second kappa shape index (κ2) is 3.30. The topological polar surface area (TPSA) is 57.8 Å². The summed E-state index contributed by atoms with van der Waals surface area (Å²) in [5, 5.41) is 3.29. The first-order chi connectivity index (χ1) is 6.25. The molecule has 2 rings (SSSR count). The second-order valence-electron chi connectivity index (χ2n) is 3.42. The fraction of sp³-hybridized carbons (Fsp3) is 0.556. The molecule has 1 aromatic rings. The van der Waals surface area contributed by atoms with E-state index in [9.17, 15) is 4.79 Å². The van der Waals surface area contributed by atoms with Crippen molar-refractivity contribution < 1.29 is 0 Å². The van der Waals surface area contributed by atoms with E-state index in [1.54, 1.807) is 0 Å². The summed E-state index contributed by atoms with van der Waals surface area (Å²) >= 11 is 0. The lowest BCUT2D eigenvalue weighted by Gasteiger charge is -2.08. The quantitative estimate of drug-likeness (QED) is 0.660. The summed E-state index contributed by atoms with van der Waals surface area (Å²) in [6.45, 7) is 2.86. The van der Waals surface area contributed by atoms with Gasteiger partial charge in [0.05, 0.1) is 6.04 Å². The number of nitrogens with one attached hydrogen (secondary N) is 2. The number of aromatic amines is 1. The Bertz CT molecular complexity index is 352. The average Bonchev–Trinajstić information content (AvgIpc) is 2.53. The number of nitrogens with zero attached hydrogens (tertiary/aromatic N) is 1. The number of hydrogen-bond donors (Lipinski definition) is 2. The maximum Gasteiger partial charge on any atom is 0.251 e. The van der Waals surface area contributed by atoms with Gasteiger partial charge in [0.2, 0.25) is 0 Å². The Kier molecular flexibility index (Phi) is 2.14. The van der Waals surface area contributed by atoms with Crippen molar-refractivity contribution in [3.8, 4) is 0 Å². The molecule has 0 aromatic carbocycles. The van der Waals surface area contributed by atoms with Crippen molar-refractivity contribution in [3.05, 3.63) is 27.9 Å². The maximum atomic E-state index is 11.1. The third-order valence-electron chi connectivity index (χ3n) is 2.28. The Morgan fingerprint density at radius 2 is 2.46 bits per heavy atom. The minimum atomic E-state index is -0.0591.